The predicted octanol–water partition coefficient (Wildman–Crippen LogP) is 1.88. The number of alkyl halides is 3. The lowest BCUT2D eigenvalue weighted by molar-refractivity contribution is -0.141. The number of nitrogens with zero attached hydrogens (tertiary/aromatic N) is 2. The summed E-state index contributed by atoms with van der Waals surface area (Å²) < 4.78 is 37.5. The van der Waals surface area contributed by atoms with Gasteiger partial charge in [0, 0.05) is 12.1 Å². The Labute approximate surface area is 83.9 Å². The Hall–Kier alpha value is -1.33. The van der Waals surface area contributed by atoms with Gasteiger partial charge in [0.05, 0.1) is 6.54 Å². The van der Waals surface area contributed by atoms with E-state index in [-0.39, 0.29) is 18.2 Å². The van der Waals surface area contributed by atoms with Crippen LogP contribution in [0.5, 0.6) is 0 Å². The van der Waals surface area contributed by atoms with Gasteiger partial charge in [-0.3, -0.25) is 9.48 Å². The molecule has 0 atom stereocenters. The van der Waals surface area contributed by atoms with Gasteiger partial charge in [-0.15, -0.1) is 0 Å². The van der Waals surface area contributed by atoms with Gasteiger partial charge in [0.25, 0.3) is 0 Å². The molecule has 0 N–H and O–H groups in total. The third kappa shape index (κ3) is 2.37. The zero-order chi connectivity index (χ0) is 11.1. The van der Waals surface area contributed by atoms with Crippen molar-refractivity contribution in [2.45, 2.75) is 25.6 Å². The minimum Gasteiger partial charge on any atom is -0.297 e. The van der Waals surface area contributed by atoms with Crippen molar-refractivity contribution in [2.24, 2.45) is 5.92 Å². The molecule has 3 nitrogen and oxygen atoms in total. The summed E-state index contributed by atoms with van der Waals surface area (Å²) >= 11 is 0. The highest BCUT2D eigenvalue weighted by atomic mass is 19.4. The van der Waals surface area contributed by atoms with E-state index >= 15 is 0 Å². The maximum atomic E-state index is 12.1. The molecule has 0 unspecified atom stereocenters. The number of ketones is 1. The fourth-order valence-corrected chi connectivity index (χ4v) is 1.30. The highest BCUT2D eigenvalue weighted by Crippen LogP contribution is 2.30. The Balaban J connectivity index is 2.03. The summed E-state index contributed by atoms with van der Waals surface area (Å²) in [5.74, 6) is 0.00959. The number of aromatic nitrogens is 2. The van der Waals surface area contributed by atoms with E-state index in [1.165, 1.54) is 6.20 Å². The van der Waals surface area contributed by atoms with Gasteiger partial charge in [-0.25, -0.2) is 0 Å². The van der Waals surface area contributed by atoms with Gasteiger partial charge in [-0.1, -0.05) is 0 Å². The van der Waals surface area contributed by atoms with Crippen molar-refractivity contribution in [1.29, 1.82) is 0 Å². The second-order valence-corrected chi connectivity index (χ2v) is 3.64. The molecule has 1 aromatic rings. The summed E-state index contributed by atoms with van der Waals surface area (Å²) in [5, 5.41) is 3.30. The Morgan fingerprint density at radius 3 is 2.67 bits per heavy atom. The zero-order valence-corrected chi connectivity index (χ0v) is 7.79. The van der Waals surface area contributed by atoms with Crippen molar-refractivity contribution in [3.63, 3.8) is 0 Å². The van der Waals surface area contributed by atoms with E-state index in [1.54, 1.807) is 0 Å². The van der Waals surface area contributed by atoms with Gasteiger partial charge >= 0.3 is 6.18 Å². The second kappa shape index (κ2) is 3.36. The van der Waals surface area contributed by atoms with Crippen molar-refractivity contribution < 1.29 is 18.0 Å². The smallest absolute Gasteiger partial charge is 0.297 e. The summed E-state index contributed by atoms with van der Waals surface area (Å²) in [4.78, 5) is 11.3. The first-order valence-electron chi connectivity index (χ1n) is 4.60. The Morgan fingerprint density at radius 1 is 1.53 bits per heavy atom. The molecular formula is C9H9F3N2O. The summed E-state index contributed by atoms with van der Waals surface area (Å²) in [7, 11) is 0. The Kier molecular flexibility index (Phi) is 2.28. The number of carbonyl (C=O) groups is 1. The lowest BCUT2D eigenvalue weighted by Crippen LogP contribution is -2.14. The molecule has 1 aliphatic carbocycles. The van der Waals surface area contributed by atoms with Crippen molar-refractivity contribution >= 4 is 5.78 Å². The van der Waals surface area contributed by atoms with E-state index in [0.717, 1.165) is 23.6 Å². The standard InChI is InChI=1S/C9H9F3N2O/c10-9(11,12)8-3-4-14(13-8)5-7(15)6-1-2-6/h3-4,6H,1-2,5H2. The number of carbonyl (C=O) groups excluding carboxylic acids is 1. The van der Waals surface area contributed by atoms with Crippen molar-refractivity contribution in [3.05, 3.63) is 18.0 Å². The summed E-state index contributed by atoms with van der Waals surface area (Å²) in [5.41, 5.74) is -0.953. The van der Waals surface area contributed by atoms with Gasteiger partial charge < -0.3 is 0 Å². The van der Waals surface area contributed by atoms with E-state index in [9.17, 15) is 18.0 Å². The van der Waals surface area contributed by atoms with Crippen LogP contribution in [0.2, 0.25) is 0 Å². The fourth-order valence-electron chi connectivity index (χ4n) is 1.30. The molecule has 2 rings (SSSR count). The number of rotatable bonds is 3. The average Bonchev–Trinajstić information content (AvgIpc) is 2.86. The van der Waals surface area contributed by atoms with E-state index < -0.39 is 11.9 Å². The van der Waals surface area contributed by atoms with Crippen LogP contribution in [-0.2, 0) is 17.5 Å². The number of Topliss-reactive ketones (excluding diaryl/α,β-unsaturated/α-hetero) is 1. The van der Waals surface area contributed by atoms with Crippen LogP contribution in [0, 0.1) is 5.92 Å². The van der Waals surface area contributed by atoms with Gasteiger partial charge in [0.1, 0.15) is 0 Å². The molecule has 0 aromatic carbocycles. The Bertz CT molecular complexity index is 379. The molecule has 1 aromatic heterocycles. The molecule has 0 radical (unpaired) electrons. The van der Waals surface area contributed by atoms with Crippen LogP contribution in [0.4, 0.5) is 13.2 Å². The maximum absolute atomic E-state index is 12.1. The maximum Gasteiger partial charge on any atom is 0.435 e. The molecule has 1 aliphatic rings. The van der Waals surface area contributed by atoms with Crippen LogP contribution in [0.1, 0.15) is 18.5 Å². The first-order valence-corrected chi connectivity index (χ1v) is 4.60. The molecule has 6 heteroatoms. The van der Waals surface area contributed by atoms with Crippen LogP contribution in [0.25, 0.3) is 0 Å². The molecule has 15 heavy (non-hydrogen) atoms. The normalized spacial score (nSPS) is 16.7. The molecule has 0 spiro atoms. The Morgan fingerprint density at radius 2 is 2.20 bits per heavy atom. The lowest BCUT2D eigenvalue weighted by atomic mass is 10.3. The fraction of sp³-hybridized carbons (Fsp3) is 0.556. The number of halogens is 3. The average molecular weight is 218 g/mol. The molecule has 1 fully saturated rings. The first-order chi connectivity index (χ1) is 6.97. The molecule has 1 saturated carbocycles. The van der Waals surface area contributed by atoms with Crippen LogP contribution in [0.15, 0.2) is 12.3 Å². The molecule has 82 valence electrons. The van der Waals surface area contributed by atoms with E-state index in [2.05, 4.69) is 5.10 Å². The predicted molar refractivity (Wildman–Crippen MR) is 45.0 cm³/mol. The topological polar surface area (TPSA) is 34.9 Å². The second-order valence-electron chi connectivity index (χ2n) is 3.64. The first kappa shape index (κ1) is 10.2. The molecule has 0 saturated heterocycles. The van der Waals surface area contributed by atoms with E-state index in [0.29, 0.717) is 0 Å². The van der Waals surface area contributed by atoms with Crippen LogP contribution in [-0.4, -0.2) is 15.6 Å². The highest BCUT2D eigenvalue weighted by Gasteiger charge is 2.34. The molecule has 0 bridgehead atoms. The van der Waals surface area contributed by atoms with Gasteiger partial charge in [-0.2, -0.15) is 18.3 Å². The quantitative estimate of drug-likeness (QED) is 0.776. The van der Waals surface area contributed by atoms with Crippen LogP contribution >= 0.6 is 0 Å². The molecule has 0 aliphatic heterocycles. The minimum atomic E-state index is -4.44. The minimum absolute atomic E-state index is 0.0353. The van der Waals surface area contributed by atoms with Crippen molar-refractivity contribution in [1.82, 2.24) is 9.78 Å². The summed E-state index contributed by atoms with van der Waals surface area (Å²) in [6.07, 6.45) is -1.55. The van der Waals surface area contributed by atoms with Crippen molar-refractivity contribution in [3.8, 4) is 0 Å². The third-order valence-corrected chi connectivity index (χ3v) is 2.28. The number of hydrogen-bond donors (Lipinski definition) is 0. The van der Waals surface area contributed by atoms with E-state index in [4.69, 9.17) is 0 Å². The molecule has 0 amide bonds. The number of hydrogen-bond acceptors (Lipinski definition) is 2. The van der Waals surface area contributed by atoms with Crippen molar-refractivity contribution in [2.75, 3.05) is 0 Å². The van der Waals surface area contributed by atoms with Gasteiger partial charge in [-0.05, 0) is 18.9 Å². The lowest BCUT2D eigenvalue weighted by Gasteiger charge is -2.01. The largest absolute Gasteiger partial charge is 0.435 e. The molecular weight excluding hydrogens is 209 g/mol. The SMILES string of the molecule is O=C(Cn1ccc(C(F)(F)F)n1)C1CC1. The summed E-state index contributed by atoms with van der Waals surface area (Å²) in [6, 6.07) is 0.875. The summed E-state index contributed by atoms with van der Waals surface area (Å²) in [6.45, 7) is -0.0548. The van der Waals surface area contributed by atoms with Crippen LogP contribution in [0.3, 0.4) is 0 Å². The van der Waals surface area contributed by atoms with Gasteiger partial charge in [0.15, 0.2) is 11.5 Å². The zero-order valence-electron chi connectivity index (χ0n) is 7.79. The highest BCUT2D eigenvalue weighted by molar-refractivity contribution is 5.82. The van der Waals surface area contributed by atoms with E-state index in [1.807, 2.05) is 0 Å². The monoisotopic (exact) mass is 218 g/mol. The third-order valence-electron chi connectivity index (χ3n) is 2.28. The van der Waals surface area contributed by atoms with Crippen LogP contribution < -0.4 is 0 Å². The molecule has 1 heterocycles. The van der Waals surface area contributed by atoms with Gasteiger partial charge in [0.2, 0.25) is 0 Å².